The second-order valence-corrected chi connectivity index (χ2v) is 7.59. The molecular formula is C15H16F3N3OS2. The van der Waals surface area contributed by atoms with E-state index in [4.69, 9.17) is 0 Å². The van der Waals surface area contributed by atoms with Crippen LogP contribution >= 0.6 is 23.1 Å². The van der Waals surface area contributed by atoms with Crippen LogP contribution in [0.15, 0.2) is 22.8 Å². The third kappa shape index (κ3) is 4.00. The maximum atomic E-state index is 13.1. The van der Waals surface area contributed by atoms with E-state index in [9.17, 15) is 18.0 Å². The fourth-order valence-electron chi connectivity index (χ4n) is 2.95. The van der Waals surface area contributed by atoms with Gasteiger partial charge in [0.2, 0.25) is 5.91 Å². The SMILES string of the molecule is O=C(CSc1ncnc2ccsc12)N[C@@H]1CCCC[C@@H]1C(F)(F)F. The van der Waals surface area contributed by atoms with Gasteiger partial charge in [0, 0.05) is 6.04 Å². The van der Waals surface area contributed by atoms with Crippen molar-refractivity contribution in [2.24, 2.45) is 5.92 Å². The Kier molecular flexibility index (Phi) is 5.29. The van der Waals surface area contributed by atoms with Gasteiger partial charge in [-0.3, -0.25) is 4.79 Å². The maximum absolute atomic E-state index is 13.1. The number of nitrogens with one attached hydrogen (secondary N) is 1. The van der Waals surface area contributed by atoms with E-state index >= 15 is 0 Å². The minimum Gasteiger partial charge on any atom is -0.352 e. The molecule has 0 spiro atoms. The average molecular weight is 375 g/mol. The van der Waals surface area contributed by atoms with Crippen molar-refractivity contribution >= 4 is 39.2 Å². The Morgan fingerprint density at radius 3 is 2.92 bits per heavy atom. The van der Waals surface area contributed by atoms with Crippen LogP contribution in [0, 0.1) is 5.92 Å². The van der Waals surface area contributed by atoms with Crippen molar-refractivity contribution in [2.45, 2.75) is 42.9 Å². The van der Waals surface area contributed by atoms with Crippen LogP contribution in [0.5, 0.6) is 0 Å². The monoisotopic (exact) mass is 375 g/mol. The first-order valence-corrected chi connectivity index (χ1v) is 9.49. The molecule has 24 heavy (non-hydrogen) atoms. The number of amides is 1. The Morgan fingerprint density at radius 2 is 2.12 bits per heavy atom. The number of hydrogen-bond donors (Lipinski definition) is 1. The Labute approximate surface area is 145 Å². The number of aromatic nitrogens is 2. The van der Waals surface area contributed by atoms with E-state index in [1.807, 2.05) is 11.4 Å². The number of fused-ring (bicyclic) bond motifs is 1. The molecule has 1 fully saturated rings. The summed E-state index contributed by atoms with van der Waals surface area (Å²) in [4.78, 5) is 20.4. The third-order valence-electron chi connectivity index (χ3n) is 4.08. The summed E-state index contributed by atoms with van der Waals surface area (Å²) in [7, 11) is 0. The van der Waals surface area contributed by atoms with E-state index in [0.29, 0.717) is 24.3 Å². The van der Waals surface area contributed by atoms with Crippen molar-refractivity contribution in [3.05, 3.63) is 17.8 Å². The van der Waals surface area contributed by atoms with Crippen molar-refractivity contribution < 1.29 is 18.0 Å². The topological polar surface area (TPSA) is 54.9 Å². The predicted octanol–water partition coefficient (Wildman–Crippen LogP) is 4.02. The molecule has 3 rings (SSSR count). The highest BCUT2D eigenvalue weighted by Crippen LogP contribution is 2.37. The van der Waals surface area contributed by atoms with Gasteiger partial charge in [0.05, 0.1) is 21.9 Å². The first-order chi connectivity index (χ1) is 11.4. The van der Waals surface area contributed by atoms with Crippen molar-refractivity contribution in [2.75, 3.05) is 5.75 Å². The number of rotatable bonds is 4. The van der Waals surface area contributed by atoms with Gasteiger partial charge in [-0.15, -0.1) is 11.3 Å². The summed E-state index contributed by atoms with van der Waals surface area (Å²) < 4.78 is 40.1. The van der Waals surface area contributed by atoms with Gasteiger partial charge < -0.3 is 5.32 Å². The van der Waals surface area contributed by atoms with Gasteiger partial charge in [0.15, 0.2) is 0 Å². The number of carbonyl (C=O) groups is 1. The molecule has 0 aliphatic heterocycles. The number of thioether (sulfide) groups is 1. The van der Waals surface area contributed by atoms with Gasteiger partial charge in [-0.05, 0) is 24.3 Å². The number of hydrogen-bond acceptors (Lipinski definition) is 5. The number of halogens is 3. The number of carbonyl (C=O) groups excluding carboxylic acids is 1. The number of thiophene rings is 1. The van der Waals surface area contributed by atoms with E-state index < -0.39 is 18.1 Å². The lowest BCUT2D eigenvalue weighted by Crippen LogP contribution is -2.48. The molecule has 2 aromatic heterocycles. The first kappa shape index (κ1) is 17.5. The minimum absolute atomic E-state index is 0.0467. The Balaban J connectivity index is 1.60. The minimum atomic E-state index is -4.26. The highest BCUT2D eigenvalue weighted by Gasteiger charge is 2.45. The van der Waals surface area contributed by atoms with E-state index in [-0.39, 0.29) is 18.1 Å². The number of nitrogens with zero attached hydrogens (tertiary/aromatic N) is 2. The van der Waals surface area contributed by atoms with Gasteiger partial charge in [-0.2, -0.15) is 13.2 Å². The molecule has 2 aromatic rings. The lowest BCUT2D eigenvalue weighted by Gasteiger charge is -2.33. The zero-order chi connectivity index (χ0) is 17.2. The molecule has 0 saturated heterocycles. The molecule has 1 N–H and O–H groups in total. The highest BCUT2D eigenvalue weighted by atomic mass is 32.2. The highest BCUT2D eigenvalue weighted by molar-refractivity contribution is 8.00. The van der Waals surface area contributed by atoms with Gasteiger partial charge in [-0.1, -0.05) is 24.6 Å². The molecule has 0 aromatic carbocycles. The van der Waals surface area contributed by atoms with Crippen LogP contribution < -0.4 is 5.32 Å². The van der Waals surface area contributed by atoms with Gasteiger partial charge >= 0.3 is 6.18 Å². The van der Waals surface area contributed by atoms with Crippen molar-refractivity contribution in [1.29, 1.82) is 0 Å². The van der Waals surface area contributed by atoms with Crippen molar-refractivity contribution in [3.63, 3.8) is 0 Å². The quantitative estimate of drug-likeness (QED) is 0.648. The summed E-state index contributed by atoms with van der Waals surface area (Å²) in [5.74, 6) is -1.78. The average Bonchev–Trinajstić information content (AvgIpc) is 3.01. The van der Waals surface area contributed by atoms with E-state index in [1.54, 1.807) is 0 Å². The summed E-state index contributed by atoms with van der Waals surface area (Å²) in [5, 5.41) is 5.14. The fourth-order valence-corrected chi connectivity index (χ4v) is 4.70. The van der Waals surface area contributed by atoms with Crippen LogP contribution in [0.3, 0.4) is 0 Å². The second-order valence-electron chi connectivity index (χ2n) is 5.71. The molecule has 1 saturated carbocycles. The van der Waals surface area contributed by atoms with Crippen LogP contribution in [0.4, 0.5) is 13.2 Å². The maximum Gasteiger partial charge on any atom is 0.393 e. The molecule has 2 atom stereocenters. The Hall–Kier alpha value is -1.35. The number of alkyl halides is 3. The molecule has 130 valence electrons. The smallest absolute Gasteiger partial charge is 0.352 e. The van der Waals surface area contributed by atoms with Crippen LogP contribution in [-0.2, 0) is 4.79 Å². The molecule has 0 unspecified atom stereocenters. The van der Waals surface area contributed by atoms with Crippen LogP contribution in [0.2, 0.25) is 0 Å². The zero-order valence-electron chi connectivity index (χ0n) is 12.7. The lowest BCUT2D eigenvalue weighted by molar-refractivity contribution is -0.189. The Bertz CT molecular complexity index is 719. The molecule has 4 nitrogen and oxygen atoms in total. The summed E-state index contributed by atoms with van der Waals surface area (Å²) in [6, 6.07) is 1.04. The zero-order valence-corrected chi connectivity index (χ0v) is 14.3. The predicted molar refractivity (Wildman–Crippen MR) is 88.1 cm³/mol. The molecule has 1 aliphatic rings. The molecule has 0 radical (unpaired) electrons. The van der Waals surface area contributed by atoms with Crippen LogP contribution in [0.1, 0.15) is 25.7 Å². The standard InChI is InChI=1S/C15H16F3N3OS2/c16-15(17,18)9-3-1-2-4-10(9)21-12(22)7-24-14-13-11(5-6-23-13)19-8-20-14/h5-6,8-10H,1-4,7H2,(H,21,22)/t9-,10+/m0/s1. The molecule has 1 aliphatic carbocycles. The van der Waals surface area contributed by atoms with Crippen LogP contribution in [-0.4, -0.2) is 33.8 Å². The van der Waals surface area contributed by atoms with Gasteiger partial charge in [-0.25, -0.2) is 9.97 Å². The van der Waals surface area contributed by atoms with Gasteiger partial charge in [0.25, 0.3) is 0 Å². The Morgan fingerprint density at radius 1 is 1.33 bits per heavy atom. The molecule has 9 heteroatoms. The van der Waals surface area contributed by atoms with Crippen LogP contribution in [0.25, 0.3) is 10.2 Å². The molecule has 2 heterocycles. The summed E-state index contributed by atoms with van der Waals surface area (Å²) in [6.45, 7) is 0. The van der Waals surface area contributed by atoms with Crippen molar-refractivity contribution in [3.8, 4) is 0 Å². The normalized spacial score (nSPS) is 21.8. The van der Waals surface area contributed by atoms with Crippen molar-refractivity contribution in [1.82, 2.24) is 15.3 Å². The van der Waals surface area contributed by atoms with E-state index in [1.165, 1.54) is 29.4 Å². The summed E-state index contributed by atoms with van der Waals surface area (Å²) in [5.41, 5.74) is 0.808. The first-order valence-electron chi connectivity index (χ1n) is 7.62. The van der Waals surface area contributed by atoms with E-state index in [0.717, 1.165) is 10.2 Å². The molecular weight excluding hydrogens is 359 g/mol. The van der Waals surface area contributed by atoms with Gasteiger partial charge in [0.1, 0.15) is 11.4 Å². The molecule has 1 amide bonds. The second kappa shape index (κ2) is 7.26. The fraction of sp³-hybridized carbons (Fsp3) is 0.533. The molecule has 0 bridgehead atoms. The largest absolute Gasteiger partial charge is 0.393 e. The third-order valence-corrected chi connectivity index (χ3v) is 6.11. The lowest BCUT2D eigenvalue weighted by atomic mass is 9.84. The van der Waals surface area contributed by atoms with E-state index in [2.05, 4.69) is 15.3 Å². The summed E-state index contributed by atoms with van der Waals surface area (Å²) >= 11 is 2.70. The summed E-state index contributed by atoms with van der Waals surface area (Å²) in [6.07, 6.45) is -1.10.